The number of carboxylic acid groups (broad SMARTS) is 1. The molecule has 3 amide bonds. The summed E-state index contributed by atoms with van der Waals surface area (Å²) in [5.41, 5.74) is -0.628. The van der Waals surface area contributed by atoms with E-state index in [1.807, 2.05) is 0 Å². The van der Waals surface area contributed by atoms with E-state index in [2.05, 4.69) is 5.32 Å². The standard InChI is InChI=1S/C18H31N3O5/c1-18(2,3)26-16(23)19-14(13-7-5-4-6-8-13)15(22)20-9-11-21(12-10-20)17(24)25/h13-14H,4-12H2,1-3H3,(H,19,23)(H,24,25). The third kappa shape index (κ3) is 5.78. The molecule has 1 atom stereocenters. The zero-order chi connectivity index (χ0) is 19.3. The van der Waals surface area contributed by atoms with Crippen LogP contribution in [-0.2, 0) is 9.53 Å². The fourth-order valence-electron chi connectivity index (χ4n) is 3.60. The SMILES string of the molecule is CC(C)(C)OC(=O)NC(C(=O)N1CCN(C(=O)O)CC1)C1CCCCC1. The lowest BCUT2D eigenvalue weighted by atomic mass is 9.83. The molecule has 0 aromatic rings. The molecule has 1 aliphatic heterocycles. The molecule has 1 heterocycles. The first-order valence-electron chi connectivity index (χ1n) is 9.43. The van der Waals surface area contributed by atoms with Crippen molar-refractivity contribution >= 4 is 18.1 Å². The number of hydrogen-bond acceptors (Lipinski definition) is 4. The summed E-state index contributed by atoms with van der Waals surface area (Å²) in [4.78, 5) is 39.3. The van der Waals surface area contributed by atoms with Crippen LogP contribution in [0.1, 0.15) is 52.9 Å². The molecule has 0 bridgehead atoms. The van der Waals surface area contributed by atoms with Crippen molar-refractivity contribution in [1.82, 2.24) is 15.1 Å². The Bertz CT molecular complexity index is 517. The van der Waals surface area contributed by atoms with Gasteiger partial charge in [0.2, 0.25) is 5.91 Å². The maximum Gasteiger partial charge on any atom is 0.408 e. The Balaban J connectivity index is 2.04. The van der Waals surface area contributed by atoms with E-state index in [-0.39, 0.29) is 11.8 Å². The summed E-state index contributed by atoms with van der Waals surface area (Å²) in [6.45, 7) is 6.66. The van der Waals surface area contributed by atoms with Gasteiger partial charge in [-0.3, -0.25) is 4.79 Å². The van der Waals surface area contributed by atoms with Gasteiger partial charge in [0, 0.05) is 26.2 Å². The van der Waals surface area contributed by atoms with Crippen LogP contribution in [0.5, 0.6) is 0 Å². The summed E-state index contributed by atoms with van der Waals surface area (Å²) in [6.07, 6.45) is 3.52. The fourth-order valence-corrected chi connectivity index (χ4v) is 3.60. The van der Waals surface area contributed by atoms with Gasteiger partial charge in [0.1, 0.15) is 11.6 Å². The minimum atomic E-state index is -0.965. The number of ether oxygens (including phenoxy) is 1. The first-order chi connectivity index (χ1) is 12.2. The van der Waals surface area contributed by atoms with Crippen LogP contribution in [0, 0.1) is 5.92 Å². The number of piperazine rings is 1. The highest BCUT2D eigenvalue weighted by atomic mass is 16.6. The van der Waals surface area contributed by atoms with Crippen LogP contribution in [0.4, 0.5) is 9.59 Å². The topological polar surface area (TPSA) is 99.2 Å². The molecule has 26 heavy (non-hydrogen) atoms. The number of nitrogens with zero attached hydrogens (tertiary/aromatic N) is 2. The van der Waals surface area contributed by atoms with E-state index in [0.29, 0.717) is 26.2 Å². The largest absolute Gasteiger partial charge is 0.465 e. The van der Waals surface area contributed by atoms with E-state index in [1.54, 1.807) is 25.7 Å². The molecule has 8 nitrogen and oxygen atoms in total. The summed E-state index contributed by atoms with van der Waals surface area (Å²) in [5, 5.41) is 11.8. The predicted octanol–water partition coefficient (Wildman–Crippen LogP) is 2.28. The molecular weight excluding hydrogens is 338 g/mol. The lowest BCUT2D eigenvalue weighted by Crippen LogP contribution is -2.58. The monoisotopic (exact) mass is 369 g/mol. The van der Waals surface area contributed by atoms with Crippen molar-refractivity contribution in [2.24, 2.45) is 5.92 Å². The average molecular weight is 369 g/mol. The molecule has 2 N–H and O–H groups in total. The van der Waals surface area contributed by atoms with Gasteiger partial charge in [0.25, 0.3) is 0 Å². The van der Waals surface area contributed by atoms with E-state index < -0.39 is 23.8 Å². The number of hydrogen-bond donors (Lipinski definition) is 2. The van der Waals surface area contributed by atoms with E-state index in [0.717, 1.165) is 32.1 Å². The van der Waals surface area contributed by atoms with Gasteiger partial charge < -0.3 is 25.0 Å². The Labute approximate surface area is 154 Å². The van der Waals surface area contributed by atoms with Gasteiger partial charge in [0.15, 0.2) is 0 Å². The van der Waals surface area contributed by atoms with Gasteiger partial charge in [-0.2, -0.15) is 0 Å². The highest BCUT2D eigenvalue weighted by molar-refractivity contribution is 5.86. The first kappa shape index (κ1) is 20.3. The minimum absolute atomic E-state index is 0.0984. The average Bonchev–Trinajstić information content (AvgIpc) is 2.58. The first-order valence-corrected chi connectivity index (χ1v) is 9.43. The molecule has 0 aromatic carbocycles. The number of amides is 3. The number of alkyl carbamates (subject to hydrolysis) is 1. The quantitative estimate of drug-likeness (QED) is 0.795. The van der Waals surface area contributed by atoms with Crippen molar-refractivity contribution in [2.45, 2.75) is 64.5 Å². The predicted molar refractivity (Wildman–Crippen MR) is 95.9 cm³/mol. The smallest absolute Gasteiger partial charge is 0.408 e. The molecule has 2 rings (SSSR count). The van der Waals surface area contributed by atoms with Crippen LogP contribution in [-0.4, -0.2) is 70.8 Å². The fraction of sp³-hybridized carbons (Fsp3) is 0.833. The van der Waals surface area contributed by atoms with Gasteiger partial charge in [-0.1, -0.05) is 19.3 Å². The highest BCUT2D eigenvalue weighted by Crippen LogP contribution is 2.28. The zero-order valence-corrected chi connectivity index (χ0v) is 16.0. The Hall–Kier alpha value is -1.99. The van der Waals surface area contributed by atoms with Crippen LogP contribution in [0.25, 0.3) is 0 Å². The Kier molecular flexibility index (Phi) is 6.72. The normalized spacial score (nSPS) is 20.4. The van der Waals surface area contributed by atoms with Gasteiger partial charge in [0.05, 0.1) is 0 Å². The van der Waals surface area contributed by atoms with Crippen LogP contribution in [0.15, 0.2) is 0 Å². The van der Waals surface area contributed by atoms with Gasteiger partial charge in [-0.05, 0) is 39.5 Å². The third-order valence-corrected chi connectivity index (χ3v) is 4.92. The maximum absolute atomic E-state index is 13.1. The molecule has 0 radical (unpaired) electrons. The minimum Gasteiger partial charge on any atom is -0.465 e. The number of carbonyl (C=O) groups is 3. The summed E-state index contributed by atoms with van der Waals surface area (Å²) >= 11 is 0. The molecule has 0 aromatic heterocycles. The lowest BCUT2D eigenvalue weighted by Gasteiger charge is -2.38. The van der Waals surface area contributed by atoms with E-state index in [1.165, 1.54) is 4.90 Å². The number of carbonyl (C=O) groups excluding carboxylic acids is 2. The number of rotatable bonds is 3. The maximum atomic E-state index is 13.1. The molecule has 0 spiro atoms. The van der Waals surface area contributed by atoms with Crippen molar-refractivity contribution in [3.63, 3.8) is 0 Å². The van der Waals surface area contributed by atoms with Crippen molar-refractivity contribution in [2.75, 3.05) is 26.2 Å². The zero-order valence-electron chi connectivity index (χ0n) is 16.0. The number of nitrogens with one attached hydrogen (secondary N) is 1. The molecule has 1 saturated carbocycles. The van der Waals surface area contributed by atoms with Crippen molar-refractivity contribution in [3.8, 4) is 0 Å². The van der Waals surface area contributed by atoms with Crippen molar-refractivity contribution in [1.29, 1.82) is 0 Å². The molecule has 1 aliphatic carbocycles. The van der Waals surface area contributed by atoms with Crippen LogP contribution in [0.3, 0.4) is 0 Å². The van der Waals surface area contributed by atoms with Gasteiger partial charge in [-0.15, -0.1) is 0 Å². The van der Waals surface area contributed by atoms with E-state index in [4.69, 9.17) is 9.84 Å². The van der Waals surface area contributed by atoms with Gasteiger partial charge >= 0.3 is 12.2 Å². The molecule has 2 fully saturated rings. The summed E-state index contributed by atoms with van der Waals surface area (Å²) in [6, 6.07) is -0.610. The van der Waals surface area contributed by atoms with Crippen molar-refractivity contribution < 1.29 is 24.2 Å². The van der Waals surface area contributed by atoms with Crippen molar-refractivity contribution in [3.05, 3.63) is 0 Å². The third-order valence-electron chi connectivity index (χ3n) is 4.92. The molecule has 2 aliphatic rings. The summed E-state index contributed by atoms with van der Waals surface area (Å²) in [5.74, 6) is -0.0333. The van der Waals surface area contributed by atoms with Crippen LogP contribution >= 0.6 is 0 Å². The second-order valence-electron chi connectivity index (χ2n) is 8.12. The second-order valence-corrected chi connectivity index (χ2v) is 8.12. The van der Waals surface area contributed by atoms with Crippen LogP contribution < -0.4 is 5.32 Å². The summed E-state index contributed by atoms with van der Waals surface area (Å²) < 4.78 is 5.34. The van der Waals surface area contributed by atoms with Crippen LogP contribution in [0.2, 0.25) is 0 Å². The molecule has 1 saturated heterocycles. The Morgan fingerprint density at radius 3 is 2.04 bits per heavy atom. The Morgan fingerprint density at radius 2 is 1.54 bits per heavy atom. The summed E-state index contributed by atoms with van der Waals surface area (Å²) in [7, 11) is 0. The molecule has 148 valence electrons. The Morgan fingerprint density at radius 1 is 1.00 bits per heavy atom. The van der Waals surface area contributed by atoms with Gasteiger partial charge in [-0.25, -0.2) is 9.59 Å². The second kappa shape index (κ2) is 8.60. The highest BCUT2D eigenvalue weighted by Gasteiger charge is 2.36. The lowest BCUT2D eigenvalue weighted by molar-refractivity contribution is -0.136. The molecular formula is C18H31N3O5. The molecule has 8 heteroatoms. The molecule has 1 unspecified atom stereocenters. The van der Waals surface area contributed by atoms with E-state index in [9.17, 15) is 14.4 Å². The van der Waals surface area contributed by atoms with E-state index >= 15 is 0 Å².